The van der Waals surface area contributed by atoms with Crippen LogP contribution >= 0.6 is 22.7 Å². The summed E-state index contributed by atoms with van der Waals surface area (Å²) in [6.45, 7) is -0.315. The van der Waals surface area contributed by atoms with Crippen LogP contribution < -0.4 is 0 Å². The molecule has 16 heteroatoms. The number of rotatable bonds is 8. The molecule has 0 aliphatic heterocycles. The predicted octanol–water partition coefficient (Wildman–Crippen LogP) is 9.89. The van der Waals surface area contributed by atoms with Crippen molar-refractivity contribution < 1.29 is 46.1 Å². The van der Waals surface area contributed by atoms with Crippen LogP contribution in [0, 0.1) is 0 Å². The molecule has 0 fully saturated rings. The fourth-order valence-corrected chi connectivity index (χ4v) is 8.20. The van der Waals surface area contributed by atoms with Crippen LogP contribution in [0.4, 0.5) is 26.3 Å². The number of carboxylic acid groups (broad SMARTS) is 2. The van der Waals surface area contributed by atoms with E-state index in [2.05, 4.69) is 9.97 Å². The van der Waals surface area contributed by atoms with Crippen LogP contribution in [0.3, 0.4) is 0 Å². The minimum atomic E-state index is -4.40. The molecular formula is C38H26F6N4O4S2. The summed E-state index contributed by atoms with van der Waals surface area (Å²) in [5.74, 6) is -1.89. The Balaban J connectivity index is 0.000000167. The van der Waals surface area contributed by atoms with Gasteiger partial charge in [-0.15, -0.1) is 22.7 Å². The number of para-hydroxylation sites is 2. The van der Waals surface area contributed by atoms with Gasteiger partial charge in [0.1, 0.15) is 13.1 Å². The number of carboxylic acids is 2. The second-order valence-electron chi connectivity index (χ2n) is 12.3. The number of carbonyl (C=O) groups is 2. The van der Waals surface area contributed by atoms with Crippen molar-refractivity contribution in [2.24, 2.45) is 0 Å². The van der Waals surface area contributed by atoms with E-state index in [1.165, 1.54) is 34.8 Å². The van der Waals surface area contributed by atoms with Crippen LogP contribution in [0.1, 0.15) is 32.3 Å². The Morgan fingerprint density at radius 2 is 0.981 bits per heavy atom. The number of thiazole rings is 2. The number of alkyl halides is 6. The van der Waals surface area contributed by atoms with Crippen molar-refractivity contribution in [1.29, 1.82) is 0 Å². The van der Waals surface area contributed by atoms with E-state index >= 15 is 0 Å². The number of benzene rings is 4. The standard InChI is InChI=1S/2C19H13F3N2O2S/c2*20-19(21,22)12-5-6-16-14(8-12)23-17(27-16)7-11-9-24(10-18(25)26)15-4-2-1-3-13(11)15/h2*1-6,8-9H,7,10H2,(H,25,26). The Kier molecular flexibility index (Phi) is 9.66. The van der Waals surface area contributed by atoms with E-state index in [4.69, 9.17) is 10.2 Å². The number of halogens is 6. The minimum absolute atomic E-state index is 0.157. The Hall–Kier alpha value is -5.74. The highest BCUT2D eigenvalue weighted by atomic mass is 32.1. The van der Waals surface area contributed by atoms with E-state index in [1.54, 1.807) is 21.5 Å². The molecule has 0 aliphatic carbocycles. The van der Waals surface area contributed by atoms with Crippen LogP contribution in [0.5, 0.6) is 0 Å². The van der Waals surface area contributed by atoms with E-state index in [0.717, 1.165) is 57.2 Å². The number of nitrogens with zero attached hydrogens (tertiary/aromatic N) is 4. The first-order valence-corrected chi connectivity index (χ1v) is 17.8. The number of hydrogen-bond acceptors (Lipinski definition) is 6. The zero-order chi connectivity index (χ0) is 38.4. The van der Waals surface area contributed by atoms with Gasteiger partial charge in [0.15, 0.2) is 0 Å². The fourth-order valence-electron chi connectivity index (χ4n) is 6.26. The summed E-state index contributed by atoms with van der Waals surface area (Å²) in [5.41, 5.74) is 2.59. The molecule has 8 aromatic rings. The van der Waals surface area contributed by atoms with Crippen LogP contribution in [0.2, 0.25) is 0 Å². The summed E-state index contributed by atoms with van der Waals surface area (Å²) in [6.07, 6.45) is -4.41. The Bertz CT molecular complexity index is 2510. The van der Waals surface area contributed by atoms with Gasteiger partial charge in [0.05, 0.1) is 41.6 Å². The van der Waals surface area contributed by atoms with Crippen molar-refractivity contribution in [3.63, 3.8) is 0 Å². The van der Waals surface area contributed by atoms with Crippen molar-refractivity contribution in [3.05, 3.63) is 130 Å². The Morgan fingerprint density at radius 1 is 0.593 bits per heavy atom. The van der Waals surface area contributed by atoms with Crippen LogP contribution in [0.25, 0.3) is 42.2 Å². The summed E-state index contributed by atoms with van der Waals surface area (Å²) >= 11 is 2.68. The van der Waals surface area contributed by atoms with Gasteiger partial charge < -0.3 is 19.3 Å². The van der Waals surface area contributed by atoms with E-state index in [9.17, 15) is 35.9 Å². The number of aromatic nitrogens is 4. The maximum absolute atomic E-state index is 12.9. The van der Waals surface area contributed by atoms with Crippen LogP contribution in [-0.2, 0) is 47.9 Å². The predicted molar refractivity (Wildman–Crippen MR) is 194 cm³/mol. The minimum Gasteiger partial charge on any atom is -0.480 e. The molecule has 8 nitrogen and oxygen atoms in total. The third kappa shape index (κ3) is 7.79. The number of hydrogen-bond donors (Lipinski definition) is 2. The third-order valence-corrected chi connectivity index (χ3v) is 10.6. The molecule has 276 valence electrons. The topological polar surface area (TPSA) is 110 Å². The molecule has 0 radical (unpaired) electrons. The molecular weight excluding hydrogens is 755 g/mol. The van der Waals surface area contributed by atoms with E-state index in [-0.39, 0.29) is 13.1 Å². The molecule has 0 amide bonds. The van der Waals surface area contributed by atoms with Crippen molar-refractivity contribution in [2.45, 2.75) is 38.3 Å². The SMILES string of the molecule is O=C(O)Cn1cc(Cc2nc3cc(C(F)(F)F)ccc3s2)c2ccccc21.O=C(O)Cn1cc(Cc2nc3cc(C(F)(F)F)ccc3s2)c2ccccc21. The lowest BCUT2D eigenvalue weighted by atomic mass is 10.1. The van der Waals surface area contributed by atoms with E-state index in [0.29, 0.717) is 43.3 Å². The van der Waals surface area contributed by atoms with Crippen molar-refractivity contribution in [3.8, 4) is 0 Å². The Labute approximate surface area is 309 Å². The molecule has 8 rings (SSSR count). The van der Waals surface area contributed by atoms with Gasteiger partial charge in [-0.1, -0.05) is 36.4 Å². The molecule has 0 bridgehead atoms. The molecule has 54 heavy (non-hydrogen) atoms. The molecule has 0 unspecified atom stereocenters. The molecule has 0 atom stereocenters. The summed E-state index contributed by atoms with van der Waals surface area (Å²) in [5, 5.41) is 21.4. The van der Waals surface area contributed by atoms with E-state index in [1.807, 2.05) is 48.5 Å². The second kappa shape index (κ2) is 14.2. The highest BCUT2D eigenvalue weighted by Crippen LogP contribution is 2.36. The molecule has 0 aliphatic rings. The normalized spacial score (nSPS) is 12.1. The average Bonchev–Trinajstić information content (AvgIpc) is 3.87. The summed E-state index contributed by atoms with van der Waals surface area (Å²) < 4.78 is 81.9. The largest absolute Gasteiger partial charge is 0.480 e. The average molecular weight is 781 g/mol. The van der Waals surface area contributed by atoms with Crippen LogP contribution in [-0.4, -0.2) is 41.3 Å². The zero-order valence-corrected chi connectivity index (χ0v) is 29.3. The van der Waals surface area contributed by atoms with Gasteiger partial charge in [-0.3, -0.25) is 9.59 Å². The quantitative estimate of drug-likeness (QED) is 0.149. The summed E-state index contributed by atoms with van der Waals surface area (Å²) in [6, 6.07) is 22.0. The maximum atomic E-state index is 12.9. The first kappa shape index (κ1) is 36.6. The number of aliphatic carboxylic acids is 2. The zero-order valence-electron chi connectivity index (χ0n) is 27.7. The van der Waals surface area contributed by atoms with Gasteiger partial charge in [-0.05, 0) is 59.7 Å². The molecule has 0 saturated heterocycles. The van der Waals surface area contributed by atoms with E-state index < -0.39 is 35.4 Å². The summed E-state index contributed by atoms with van der Waals surface area (Å²) in [7, 11) is 0. The van der Waals surface area contributed by atoms with Gasteiger partial charge >= 0.3 is 24.3 Å². The van der Waals surface area contributed by atoms with Crippen molar-refractivity contribution >= 4 is 76.9 Å². The molecule has 4 heterocycles. The van der Waals surface area contributed by atoms with Crippen LogP contribution in [0.15, 0.2) is 97.3 Å². The smallest absolute Gasteiger partial charge is 0.416 e. The Morgan fingerprint density at radius 3 is 1.35 bits per heavy atom. The molecule has 2 N–H and O–H groups in total. The lowest BCUT2D eigenvalue weighted by molar-refractivity contribution is -0.138. The third-order valence-electron chi connectivity index (χ3n) is 8.56. The molecule has 0 saturated carbocycles. The molecule has 4 aromatic carbocycles. The highest BCUT2D eigenvalue weighted by Gasteiger charge is 2.32. The van der Waals surface area contributed by atoms with Gasteiger partial charge in [-0.25, -0.2) is 9.97 Å². The highest BCUT2D eigenvalue weighted by molar-refractivity contribution is 7.18. The first-order valence-electron chi connectivity index (χ1n) is 16.1. The first-order chi connectivity index (χ1) is 25.6. The van der Waals surface area contributed by atoms with Gasteiger partial charge in [-0.2, -0.15) is 26.3 Å². The van der Waals surface area contributed by atoms with Crippen molar-refractivity contribution in [2.75, 3.05) is 0 Å². The summed E-state index contributed by atoms with van der Waals surface area (Å²) in [4.78, 5) is 30.9. The maximum Gasteiger partial charge on any atom is 0.416 e. The van der Waals surface area contributed by atoms with Gasteiger partial charge in [0.2, 0.25) is 0 Å². The monoisotopic (exact) mass is 780 g/mol. The lowest BCUT2D eigenvalue weighted by Crippen LogP contribution is -2.07. The molecule has 0 spiro atoms. The molecule has 4 aromatic heterocycles. The van der Waals surface area contributed by atoms with Gasteiger partial charge in [0.25, 0.3) is 0 Å². The van der Waals surface area contributed by atoms with Crippen molar-refractivity contribution in [1.82, 2.24) is 19.1 Å². The fraction of sp³-hybridized carbons (Fsp3) is 0.158. The lowest BCUT2D eigenvalue weighted by Gasteiger charge is -2.04. The number of fused-ring (bicyclic) bond motifs is 4. The van der Waals surface area contributed by atoms with Gasteiger partial charge in [0, 0.05) is 47.0 Å². The second-order valence-corrected chi connectivity index (χ2v) is 14.5.